The molecule has 0 spiro atoms. The fourth-order valence-corrected chi connectivity index (χ4v) is 7.45. The summed E-state index contributed by atoms with van der Waals surface area (Å²) in [7, 11) is 1.59. The Morgan fingerprint density at radius 1 is 0.544 bits per heavy atom. The quantitative estimate of drug-likeness (QED) is 0.0408. The predicted molar refractivity (Wildman–Crippen MR) is 241 cm³/mol. The van der Waals surface area contributed by atoms with E-state index in [-0.39, 0.29) is 30.9 Å². The van der Waals surface area contributed by atoms with Crippen molar-refractivity contribution in [2.24, 2.45) is 0 Å². The first-order valence-corrected chi connectivity index (χ1v) is 23.7. The second-order valence-corrected chi connectivity index (χ2v) is 16.9. The van der Waals surface area contributed by atoms with Crippen LogP contribution in [0.5, 0.6) is 11.5 Å². The summed E-state index contributed by atoms with van der Waals surface area (Å²) in [6.07, 6.45) is 40.1. The number of rotatable bonds is 38. The maximum Gasteiger partial charge on any atom is 0.306 e. The summed E-state index contributed by atoms with van der Waals surface area (Å²) in [5.74, 6) is 0.0560. The third-order valence-corrected chi connectivity index (χ3v) is 11.3. The number of phenols is 1. The maximum atomic E-state index is 12.9. The maximum absolute atomic E-state index is 12.9. The number of carbonyl (C=O) groups excluding carboxylic acids is 2. The Bertz CT molecular complexity index is 1230. The third-order valence-electron chi connectivity index (χ3n) is 11.3. The Balaban J connectivity index is 2.67. The number of benzene rings is 1. The number of carbonyl (C=O) groups is 2. The number of aromatic hydroxyl groups is 1. The number of unbranched alkanes of at least 4 members (excludes halogenated alkanes) is 24. The van der Waals surface area contributed by atoms with Gasteiger partial charge in [-0.2, -0.15) is 0 Å². The highest BCUT2D eigenvalue weighted by Gasteiger charge is 2.20. The molecular weight excluding hydrogens is 709 g/mol. The summed E-state index contributed by atoms with van der Waals surface area (Å²) in [6.45, 7) is 10.8. The predicted octanol–water partition coefficient (Wildman–Crippen LogP) is 15.7. The van der Waals surface area contributed by atoms with Gasteiger partial charge in [-0.25, -0.2) is 0 Å². The topological polar surface area (TPSA) is 82.1 Å². The molecule has 6 nitrogen and oxygen atoms in total. The molecule has 0 aromatic heterocycles. The standard InChI is InChI=1S/C51H88O6/c1-7-9-11-13-15-17-19-21-23-25-27-29-31-36-49(52)56-41-45-40-48(55-6)46(39-38-44(5)35-33-34-43(3)4)51(54)47(45)42-57-50(53)37-32-30-28-26-24-22-20-18-16-14-12-10-8-2/h34,38,40,54H,7-33,35-37,39,41-42H2,1-6H3/b44-38+. The molecule has 0 radical (unpaired) electrons. The smallest absolute Gasteiger partial charge is 0.306 e. The highest BCUT2D eigenvalue weighted by molar-refractivity contribution is 5.70. The van der Waals surface area contributed by atoms with Gasteiger partial charge in [0.15, 0.2) is 0 Å². The first-order chi connectivity index (χ1) is 27.7. The van der Waals surface area contributed by atoms with E-state index in [9.17, 15) is 14.7 Å². The molecule has 0 unspecified atom stereocenters. The number of ether oxygens (including phenoxy) is 3. The van der Waals surface area contributed by atoms with Crippen molar-refractivity contribution in [3.05, 3.63) is 46.1 Å². The zero-order chi connectivity index (χ0) is 41.8. The van der Waals surface area contributed by atoms with Crippen molar-refractivity contribution in [1.29, 1.82) is 0 Å². The van der Waals surface area contributed by atoms with Crippen molar-refractivity contribution in [2.45, 2.75) is 247 Å². The lowest BCUT2D eigenvalue weighted by Crippen LogP contribution is -2.10. The van der Waals surface area contributed by atoms with E-state index in [1.165, 1.54) is 140 Å². The first-order valence-electron chi connectivity index (χ1n) is 23.7. The number of hydrogen-bond donors (Lipinski definition) is 1. The summed E-state index contributed by atoms with van der Waals surface area (Å²) < 4.78 is 17.2. The second-order valence-electron chi connectivity index (χ2n) is 16.9. The number of methoxy groups -OCH3 is 1. The zero-order valence-corrected chi connectivity index (χ0v) is 38.1. The molecule has 6 heteroatoms. The number of phenolic OH excluding ortho intramolecular Hbond substituents is 1. The lowest BCUT2D eigenvalue weighted by molar-refractivity contribution is -0.146. The molecule has 0 aliphatic carbocycles. The minimum absolute atomic E-state index is 0.00914. The molecule has 0 aliphatic rings. The van der Waals surface area contributed by atoms with Gasteiger partial charge < -0.3 is 19.3 Å². The van der Waals surface area contributed by atoms with E-state index >= 15 is 0 Å². The molecule has 0 saturated heterocycles. The zero-order valence-electron chi connectivity index (χ0n) is 38.1. The van der Waals surface area contributed by atoms with E-state index in [1.807, 2.05) is 6.07 Å². The van der Waals surface area contributed by atoms with Gasteiger partial charge in [-0.1, -0.05) is 191 Å². The van der Waals surface area contributed by atoms with Gasteiger partial charge >= 0.3 is 11.9 Å². The van der Waals surface area contributed by atoms with Crippen LogP contribution in [0.3, 0.4) is 0 Å². The van der Waals surface area contributed by atoms with Crippen molar-refractivity contribution in [3.63, 3.8) is 0 Å². The molecule has 0 amide bonds. The van der Waals surface area contributed by atoms with Crippen LogP contribution < -0.4 is 4.74 Å². The Labute approximate surface area is 351 Å². The highest BCUT2D eigenvalue weighted by atomic mass is 16.5. The lowest BCUT2D eigenvalue weighted by atomic mass is 9.98. The monoisotopic (exact) mass is 797 g/mol. The minimum atomic E-state index is -0.268. The molecule has 1 aromatic rings. The molecule has 57 heavy (non-hydrogen) atoms. The van der Waals surface area contributed by atoms with E-state index in [1.54, 1.807) is 7.11 Å². The summed E-state index contributed by atoms with van der Waals surface area (Å²) >= 11 is 0. The van der Waals surface area contributed by atoms with Crippen molar-refractivity contribution in [2.75, 3.05) is 7.11 Å². The molecular formula is C51H88O6. The van der Waals surface area contributed by atoms with Crippen LogP contribution in [0.4, 0.5) is 0 Å². The highest BCUT2D eigenvalue weighted by Crippen LogP contribution is 2.36. The van der Waals surface area contributed by atoms with E-state index < -0.39 is 0 Å². The first kappa shape index (κ1) is 52.3. The molecule has 0 saturated carbocycles. The van der Waals surface area contributed by atoms with Crippen LogP contribution in [0.25, 0.3) is 0 Å². The normalized spacial score (nSPS) is 11.5. The van der Waals surface area contributed by atoms with Crippen LogP contribution >= 0.6 is 0 Å². The van der Waals surface area contributed by atoms with Gasteiger partial charge in [-0.15, -0.1) is 0 Å². The molecule has 0 atom stereocenters. The minimum Gasteiger partial charge on any atom is -0.507 e. The van der Waals surface area contributed by atoms with Crippen LogP contribution in [0.15, 0.2) is 29.4 Å². The van der Waals surface area contributed by atoms with Gasteiger partial charge in [0, 0.05) is 29.5 Å². The third kappa shape index (κ3) is 28.3. The van der Waals surface area contributed by atoms with Crippen LogP contribution in [-0.4, -0.2) is 24.2 Å². The second kappa shape index (κ2) is 36.3. The van der Waals surface area contributed by atoms with Gasteiger partial charge in [-0.05, 0) is 58.9 Å². The summed E-state index contributed by atoms with van der Waals surface area (Å²) in [4.78, 5) is 25.6. The van der Waals surface area contributed by atoms with E-state index in [0.29, 0.717) is 41.7 Å². The van der Waals surface area contributed by atoms with E-state index in [0.717, 1.165) is 51.4 Å². The number of allylic oxidation sites excluding steroid dienone is 4. The molecule has 0 heterocycles. The fourth-order valence-electron chi connectivity index (χ4n) is 7.45. The molecule has 0 aliphatic heterocycles. The Morgan fingerprint density at radius 2 is 0.947 bits per heavy atom. The molecule has 1 rings (SSSR count). The van der Waals surface area contributed by atoms with Crippen LogP contribution in [0, 0.1) is 0 Å². The average molecular weight is 797 g/mol. The molecule has 0 fully saturated rings. The van der Waals surface area contributed by atoms with Gasteiger partial charge in [-0.3, -0.25) is 9.59 Å². The summed E-state index contributed by atoms with van der Waals surface area (Å²) in [6, 6.07) is 1.83. The Morgan fingerprint density at radius 3 is 1.35 bits per heavy atom. The summed E-state index contributed by atoms with van der Waals surface area (Å²) in [5, 5.41) is 11.6. The molecule has 328 valence electrons. The van der Waals surface area contributed by atoms with E-state index in [4.69, 9.17) is 14.2 Å². The van der Waals surface area contributed by atoms with Crippen LogP contribution in [0.2, 0.25) is 0 Å². The van der Waals surface area contributed by atoms with Crippen LogP contribution in [0.1, 0.15) is 244 Å². The SMILES string of the molecule is CCCCCCCCCCCCCCCC(=O)OCc1cc(OC)c(C/C=C(\C)CCC=C(C)C)c(O)c1COC(=O)CCCCCCCCCCCCCCC. The van der Waals surface area contributed by atoms with Gasteiger partial charge in [0.05, 0.1) is 7.11 Å². The summed E-state index contributed by atoms with van der Waals surface area (Å²) in [5.41, 5.74) is 4.25. The van der Waals surface area contributed by atoms with Crippen molar-refractivity contribution in [3.8, 4) is 11.5 Å². The van der Waals surface area contributed by atoms with Gasteiger partial charge in [0.2, 0.25) is 0 Å². The van der Waals surface area contributed by atoms with E-state index in [2.05, 4.69) is 46.8 Å². The Hall–Kier alpha value is -2.76. The lowest BCUT2D eigenvalue weighted by Gasteiger charge is -2.18. The van der Waals surface area contributed by atoms with Gasteiger partial charge in [0.1, 0.15) is 24.7 Å². The molecule has 1 aromatic carbocycles. The largest absolute Gasteiger partial charge is 0.507 e. The molecule has 1 N–H and O–H groups in total. The number of esters is 2. The van der Waals surface area contributed by atoms with Crippen molar-refractivity contribution >= 4 is 11.9 Å². The van der Waals surface area contributed by atoms with Crippen LogP contribution in [-0.2, 0) is 38.7 Å². The fraction of sp³-hybridized carbons (Fsp3) is 0.765. The van der Waals surface area contributed by atoms with Crippen molar-refractivity contribution < 1.29 is 28.9 Å². The Kier molecular flexibility index (Phi) is 33.3. The molecule has 0 bridgehead atoms. The average Bonchev–Trinajstić information content (AvgIpc) is 3.19. The van der Waals surface area contributed by atoms with Gasteiger partial charge in [0.25, 0.3) is 0 Å². The van der Waals surface area contributed by atoms with Crippen molar-refractivity contribution in [1.82, 2.24) is 0 Å². The number of hydrogen-bond acceptors (Lipinski definition) is 6.